The Kier molecular flexibility index (Phi) is 4.24. The van der Waals surface area contributed by atoms with Gasteiger partial charge in [-0.15, -0.1) is 0 Å². The van der Waals surface area contributed by atoms with Crippen LogP contribution >= 0.6 is 23.2 Å². The molecule has 3 nitrogen and oxygen atoms in total. The van der Waals surface area contributed by atoms with E-state index in [-0.39, 0.29) is 0 Å². The second-order valence-electron chi connectivity index (χ2n) is 4.87. The maximum atomic E-state index is 10.4. The molecular formula is C16H14Cl2O3. The van der Waals surface area contributed by atoms with E-state index >= 15 is 0 Å². The van der Waals surface area contributed by atoms with Crippen LogP contribution in [0.4, 0.5) is 0 Å². The molecule has 1 unspecified atom stereocenters. The minimum atomic E-state index is -0.667. The number of halogens is 2. The lowest BCUT2D eigenvalue weighted by Crippen LogP contribution is -2.16. The Balaban J connectivity index is 1.82. The normalized spacial score (nSPS) is 14.8. The molecule has 0 bridgehead atoms. The van der Waals surface area contributed by atoms with E-state index in [0.717, 1.165) is 5.56 Å². The smallest absolute Gasteiger partial charge is 0.179 e. The van der Waals surface area contributed by atoms with Gasteiger partial charge in [-0.1, -0.05) is 35.3 Å². The van der Waals surface area contributed by atoms with Crippen molar-refractivity contribution < 1.29 is 14.6 Å². The zero-order chi connectivity index (χ0) is 14.8. The number of benzene rings is 2. The molecule has 21 heavy (non-hydrogen) atoms. The van der Waals surface area contributed by atoms with E-state index in [9.17, 15) is 5.11 Å². The predicted molar refractivity (Wildman–Crippen MR) is 82.6 cm³/mol. The quantitative estimate of drug-likeness (QED) is 0.926. The molecule has 0 fully saturated rings. The van der Waals surface area contributed by atoms with Gasteiger partial charge in [0, 0.05) is 11.4 Å². The number of fused-ring (bicyclic) bond motifs is 1. The van der Waals surface area contributed by atoms with Gasteiger partial charge in [0.25, 0.3) is 0 Å². The van der Waals surface area contributed by atoms with Crippen molar-refractivity contribution in [2.24, 2.45) is 0 Å². The third-order valence-corrected chi connectivity index (χ3v) is 3.88. The molecule has 2 aromatic carbocycles. The van der Waals surface area contributed by atoms with E-state index in [1.807, 2.05) is 12.1 Å². The summed E-state index contributed by atoms with van der Waals surface area (Å²) in [6.45, 7) is 0.972. The number of hydrogen-bond acceptors (Lipinski definition) is 3. The molecule has 0 amide bonds. The van der Waals surface area contributed by atoms with Crippen LogP contribution in [0.2, 0.25) is 10.0 Å². The molecule has 2 aromatic rings. The molecule has 1 heterocycles. The first kappa shape index (κ1) is 14.5. The van der Waals surface area contributed by atoms with Gasteiger partial charge < -0.3 is 14.6 Å². The summed E-state index contributed by atoms with van der Waals surface area (Å²) in [5, 5.41) is 11.5. The van der Waals surface area contributed by atoms with Crippen LogP contribution < -0.4 is 9.47 Å². The van der Waals surface area contributed by atoms with Crippen molar-refractivity contribution in [2.45, 2.75) is 12.5 Å². The van der Waals surface area contributed by atoms with Gasteiger partial charge in [-0.2, -0.15) is 0 Å². The Bertz CT molecular complexity index is 641. The Morgan fingerprint density at radius 1 is 1.05 bits per heavy atom. The van der Waals surface area contributed by atoms with Crippen molar-refractivity contribution >= 4 is 23.2 Å². The number of hydrogen-bond donors (Lipinski definition) is 1. The van der Waals surface area contributed by atoms with E-state index in [2.05, 4.69) is 0 Å². The van der Waals surface area contributed by atoms with Crippen molar-refractivity contribution in [3.8, 4) is 11.5 Å². The van der Waals surface area contributed by atoms with Crippen LogP contribution in [0.1, 0.15) is 17.2 Å². The van der Waals surface area contributed by atoms with Gasteiger partial charge in [0.2, 0.25) is 0 Å². The minimum absolute atomic E-state index is 0.456. The highest BCUT2D eigenvalue weighted by molar-refractivity contribution is 6.32. The second kappa shape index (κ2) is 6.14. The van der Waals surface area contributed by atoms with Crippen LogP contribution in [0, 0.1) is 0 Å². The fraction of sp³-hybridized carbons (Fsp3) is 0.250. The van der Waals surface area contributed by atoms with Crippen molar-refractivity contribution in [2.75, 3.05) is 13.2 Å². The largest absolute Gasteiger partial charge is 0.486 e. The molecule has 1 aliphatic heterocycles. The molecule has 0 spiro atoms. The van der Waals surface area contributed by atoms with Gasteiger partial charge in [0.1, 0.15) is 13.2 Å². The third-order valence-electron chi connectivity index (χ3n) is 3.35. The van der Waals surface area contributed by atoms with Gasteiger partial charge in [0.15, 0.2) is 11.5 Å². The zero-order valence-corrected chi connectivity index (χ0v) is 12.7. The van der Waals surface area contributed by atoms with Crippen LogP contribution in [-0.2, 0) is 6.42 Å². The number of aliphatic hydroxyl groups excluding tert-OH is 1. The van der Waals surface area contributed by atoms with Gasteiger partial charge in [-0.25, -0.2) is 0 Å². The summed E-state index contributed by atoms with van der Waals surface area (Å²) < 4.78 is 11.0. The topological polar surface area (TPSA) is 38.7 Å². The number of ether oxygens (including phenoxy) is 2. The molecule has 110 valence electrons. The first-order valence-electron chi connectivity index (χ1n) is 6.65. The Morgan fingerprint density at radius 2 is 1.76 bits per heavy atom. The first-order chi connectivity index (χ1) is 10.1. The van der Waals surface area contributed by atoms with Crippen molar-refractivity contribution in [1.82, 2.24) is 0 Å². The molecule has 0 radical (unpaired) electrons. The van der Waals surface area contributed by atoms with Crippen LogP contribution in [0.15, 0.2) is 36.4 Å². The van der Waals surface area contributed by atoms with E-state index in [1.54, 1.807) is 24.3 Å². The molecule has 1 atom stereocenters. The molecule has 0 saturated heterocycles. The van der Waals surface area contributed by atoms with E-state index in [1.165, 1.54) is 0 Å². The predicted octanol–water partition coefficient (Wildman–Crippen LogP) is 4.04. The molecule has 5 heteroatoms. The van der Waals surface area contributed by atoms with E-state index in [0.29, 0.717) is 46.7 Å². The average molecular weight is 325 g/mol. The van der Waals surface area contributed by atoms with Crippen molar-refractivity contribution in [3.05, 3.63) is 57.6 Å². The Morgan fingerprint density at radius 3 is 2.52 bits per heavy atom. The number of aliphatic hydroxyl groups is 1. The summed E-state index contributed by atoms with van der Waals surface area (Å²) in [6, 6.07) is 10.9. The lowest BCUT2D eigenvalue weighted by molar-refractivity contribution is 0.164. The summed E-state index contributed by atoms with van der Waals surface area (Å²) in [5.74, 6) is 1.13. The van der Waals surface area contributed by atoms with E-state index < -0.39 is 6.10 Å². The van der Waals surface area contributed by atoms with Crippen LogP contribution in [0.3, 0.4) is 0 Å². The average Bonchev–Trinajstić information content (AvgIpc) is 2.49. The van der Waals surface area contributed by atoms with Gasteiger partial charge in [0.05, 0.1) is 11.1 Å². The van der Waals surface area contributed by atoms with Crippen LogP contribution in [0.25, 0.3) is 0 Å². The lowest BCUT2D eigenvalue weighted by atomic mass is 10.0. The standard InChI is InChI=1S/C16H14Cl2O3/c17-12-3-1-10(2-4-12)7-14(19)11-8-13(18)16-15(9-11)20-5-6-21-16/h1-4,8-9,14,19H,5-7H2. The maximum absolute atomic E-state index is 10.4. The SMILES string of the molecule is OC(Cc1ccc(Cl)cc1)c1cc(Cl)c2c(c1)OCCO2. The maximum Gasteiger partial charge on any atom is 0.179 e. The third kappa shape index (κ3) is 3.26. The monoisotopic (exact) mass is 324 g/mol. The van der Waals surface area contributed by atoms with Gasteiger partial charge in [-0.3, -0.25) is 0 Å². The molecule has 0 aliphatic carbocycles. The first-order valence-corrected chi connectivity index (χ1v) is 7.40. The molecule has 0 aromatic heterocycles. The summed E-state index contributed by atoms with van der Waals surface area (Å²) in [4.78, 5) is 0. The zero-order valence-electron chi connectivity index (χ0n) is 11.2. The Hall–Kier alpha value is -1.42. The molecule has 3 rings (SSSR count). The van der Waals surface area contributed by atoms with Gasteiger partial charge in [-0.05, 0) is 35.4 Å². The fourth-order valence-corrected chi connectivity index (χ4v) is 2.68. The fourth-order valence-electron chi connectivity index (χ4n) is 2.28. The summed E-state index contributed by atoms with van der Waals surface area (Å²) in [5.41, 5.74) is 1.71. The highest BCUT2D eigenvalue weighted by Crippen LogP contribution is 2.40. The van der Waals surface area contributed by atoms with Crippen LogP contribution in [-0.4, -0.2) is 18.3 Å². The summed E-state index contributed by atoms with van der Waals surface area (Å²) >= 11 is 12.0. The molecule has 1 N–H and O–H groups in total. The molecular weight excluding hydrogens is 311 g/mol. The Labute approximate surface area is 133 Å². The highest BCUT2D eigenvalue weighted by atomic mass is 35.5. The summed E-state index contributed by atoms with van der Waals surface area (Å²) in [6.07, 6.45) is -0.188. The molecule has 0 saturated carbocycles. The highest BCUT2D eigenvalue weighted by Gasteiger charge is 2.19. The lowest BCUT2D eigenvalue weighted by Gasteiger charge is -2.21. The minimum Gasteiger partial charge on any atom is -0.486 e. The second-order valence-corrected chi connectivity index (χ2v) is 5.72. The van der Waals surface area contributed by atoms with Gasteiger partial charge >= 0.3 is 0 Å². The van der Waals surface area contributed by atoms with E-state index in [4.69, 9.17) is 32.7 Å². The van der Waals surface area contributed by atoms with Crippen molar-refractivity contribution in [1.29, 1.82) is 0 Å². The van der Waals surface area contributed by atoms with Crippen molar-refractivity contribution in [3.63, 3.8) is 0 Å². The molecule has 1 aliphatic rings. The number of rotatable bonds is 3. The summed E-state index contributed by atoms with van der Waals surface area (Å²) in [7, 11) is 0. The van der Waals surface area contributed by atoms with Crippen LogP contribution in [0.5, 0.6) is 11.5 Å².